The minimum Gasteiger partial charge on any atom is -0.357 e. The van der Waals surface area contributed by atoms with E-state index in [0.29, 0.717) is 15.6 Å². The molecule has 0 saturated heterocycles. The fourth-order valence-corrected chi connectivity index (χ4v) is 3.13. The smallest absolute Gasteiger partial charge is 0.357 e. The van der Waals surface area contributed by atoms with E-state index in [0.717, 1.165) is 11.3 Å². The normalized spacial score (nSPS) is 12.1. The second-order valence-electron chi connectivity index (χ2n) is 5.36. The molecule has 0 atom stereocenters. The zero-order chi connectivity index (χ0) is 20.2. The Morgan fingerprint density at radius 1 is 1.11 bits per heavy atom. The van der Waals surface area contributed by atoms with Crippen LogP contribution in [0, 0.1) is 6.92 Å². The summed E-state index contributed by atoms with van der Waals surface area (Å²) in [5.74, 6) is -0.962. The molecular formula is C15H13F6N3OS2. The van der Waals surface area contributed by atoms with Gasteiger partial charge in [-0.15, -0.1) is 11.3 Å². The van der Waals surface area contributed by atoms with Crippen molar-refractivity contribution in [3.63, 3.8) is 0 Å². The molecule has 1 aromatic heterocycles. The van der Waals surface area contributed by atoms with Gasteiger partial charge in [-0.3, -0.25) is 9.52 Å². The minimum atomic E-state index is -4.60. The highest BCUT2D eigenvalue weighted by atomic mass is 32.2. The molecule has 0 unspecified atom stereocenters. The summed E-state index contributed by atoms with van der Waals surface area (Å²) in [4.78, 5) is 16.1. The van der Waals surface area contributed by atoms with E-state index in [1.54, 1.807) is 11.6 Å². The van der Waals surface area contributed by atoms with Crippen LogP contribution in [0.1, 0.15) is 26.5 Å². The van der Waals surface area contributed by atoms with E-state index < -0.39 is 36.0 Å². The second-order valence-corrected chi connectivity index (χ2v) is 7.44. The molecule has 0 spiro atoms. The van der Waals surface area contributed by atoms with Crippen LogP contribution >= 0.6 is 23.3 Å². The van der Waals surface area contributed by atoms with Crippen molar-refractivity contribution in [2.75, 3.05) is 5.32 Å². The number of alkyl halides is 6. The van der Waals surface area contributed by atoms with Gasteiger partial charge in [-0.05, 0) is 18.1 Å². The lowest BCUT2D eigenvalue weighted by Crippen LogP contribution is -2.22. The van der Waals surface area contributed by atoms with Crippen LogP contribution in [-0.2, 0) is 13.0 Å². The van der Waals surface area contributed by atoms with Crippen LogP contribution < -0.4 is 10.0 Å². The number of halogens is 6. The Hall–Kier alpha value is -1.95. The Labute approximate surface area is 158 Å². The molecule has 1 amide bonds. The van der Waals surface area contributed by atoms with Gasteiger partial charge in [0.15, 0.2) is 5.13 Å². The molecule has 0 saturated carbocycles. The standard InChI is InChI=1S/C15H13F6N3OS2/c1-8-11(12(25)24-27-15(19,20)21)23-13(26-8)22-7-10-4-2-9(3-5-10)6-14(16,17)18/h2-5H,6-7H2,1H3,(H,22,23)(H,24,25). The number of carbonyl (C=O) groups excluding carboxylic acids is 1. The summed E-state index contributed by atoms with van der Waals surface area (Å²) in [5.41, 5.74) is -3.90. The maximum atomic E-state index is 12.3. The number of benzene rings is 1. The van der Waals surface area contributed by atoms with Crippen molar-refractivity contribution in [1.29, 1.82) is 0 Å². The van der Waals surface area contributed by atoms with Gasteiger partial charge in [0, 0.05) is 11.4 Å². The summed E-state index contributed by atoms with van der Waals surface area (Å²) < 4.78 is 75.0. The number of aryl methyl sites for hydroxylation is 1. The van der Waals surface area contributed by atoms with Gasteiger partial charge in [0.05, 0.1) is 18.4 Å². The molecule has 27 heavy (non-hydrogen) atoms. The van der Waals surface area contributed by atoms with Crippen molar-refractivity contribution in [3.8, 4) is 0 Å². The second kappa shape index (κ2) is 8.38. The number of carbonyl (C=O) groups is 1. The topological polar surface area (TPSA) is 54.0 Å². The Morgan fingerprint density at radius 2 is 1.70 bits per heavy atom. The summed E-state index contributed by atoms with van der Waals surface area (Å²) in [7, 11) is 0. The Kier molecular flexibility index (Phi) is 6.63. The van der Waals surface area contributed by atoms with E-state index in [4.69, 9.17) is 0 Å². The van der Waals surface area contributed by atoms with Crippen molar-refractivity contribution in [2.45, 2.75) is 31.6 Å². The lowest BCUT2D eigenvalue weighted by atomic mass is 10.1. The molecule has 12 heteroatoms. The largest absolute Gasteiger partial charge is 0.461 e. The molecule has 0 radical (unpaired) electrons. The molecule has 2 aromatic rings. The summed E-state index contributed by atoms with van der Waals surface area (Å²) in [6.07, 6.45) is -5.29. The maximum Gasteiger partial charge on any atom is 0.461 e. The molecule has 0 bridgehead atoms. The molecular weight excluding hydrogens is 416 g/mol. The first kappa shape index (κ1) is 21.4. The predicted octanol–water partition coefficient (Wildman–Crippen LogP) is 5.07. The van der Waals surface area contributed by atoms with E-state index in [9.17, 15) is 31.1 Å². The highest BCUT2D eigenvalue weighted by molar-refractivity contribution is 7.98. The third-order valence-corrected chi connectivity index (χ3v) is 4.59. The summed E-state index contributed by atoms with van der Waals surface area (Å²) >= 11 is 0.418. The third-order valence-electron chi connectivity index (χ3n) is 3.14. The van der Waals surface area contributed by atoms with Gasteiger partial charge >= 0.3 is 11.7 Å². The number of nitrogens with zero attached hydrogens (tertiary/aromatic N) is 1. The molecule has 0 aliphatic carbocycles. The SMILES string of the molecule is Cc1sc(NCc2ccc(CC(F)(F)F)cc2)nc1C(=O)NSC(F)(F)F. The number of anilines is 1. The van der Waals surface area contributed by atoms with Gasteiger partial charge < -0.3 is 5.32 Å². The Morgan fingerprint density at radius 3 is 2.26 bits per heavy atom. The Balaban J connectivity index is 1.94. The number of hydrogen-bond donors (Lipinski definition) is 2. The van der Waals surface area contributed by atoms with Crippen LogP contribution in [-0.4, -0.2) is 22.6 Å². The lowest BCUT2D eigenvalue weighted by molar-refractivity contribution is -0.127. The zero-order valence-corrected chi connectivity index (χ0v) is 15.3. The molecule has 0 aliphatic rings. The average molecular weight is 429 g/mol. The molecule has 2 N–H and O–H groups in total. The van der Waals surface area contributed by atoms with Crippen molar-refractivity contribution in [1.82, 2.24) is 9.71 Å². The fourth-order valence-electron chi connectivity index (χ4n) is 2.02. The van der Waals surface area contributed by atoms with Crippen molar-refractivity contribution >= 4 is 34.3 Å². The van der Waals surface area contributed by atoms with E-state index in [1.165, 1.54) is 24.3 Å². The third kappa shape index (κ3) is 7.29. The van der Waals surface area contributed by atoms with Crippen molar-refractivity contribution < 1.29 is 31.1 Å². The predicted molar refractivity (Wildman–Crippen MR) is 91.5 cm³/mol. The molecule has 0 aliphatic heterocycles. The van der Waals surface area contributed by atoms with Gasteiger partial charge in [0.1, 0.15) is 5.69 Å². The fraction of sp³-hybridized carbons (Fsp3) is 0.333. The van der Waals surface area contributed by atoms with Crippen LogP contribution in [0.5, 0.6) is 0 Å². The Bertz CT molecular complexity index is 786. The quantitative estimate of drug-likeness (QED) is 0.498. The monoisotopic (exact) mass is 429 g/mol. The van der Waals surface area contributed by atoms with Crippen LogP contribution in [0.15, 0.2) is 24.3 Å². The molecule has 0 fully saturated rings. The van der Waals surface area contributed by atoms with E-state index in [1.807, 2.05) is 0 Å². The molecule has 1 aromatic carbocycles. The van der Waals surface area contributed by atoms with Crippen LogP contribution in [0.25, 0.3) is 0 Å². The van der Waals surface area contributed by atoms with Gasteiger partial charge in [-0.25, -0.2) is 4.98 Å². The average Bonchev–Trinajstić information content (AvgIpc) is 2.91. The number of aromatic nitrogens is 1. The highest BCUT2D eigenvalue weighted by Gasteiger charge is 2.31. The number of hydrogen-bond acceptors (Lipinski definition) is 5. The summed E-state index contributed by atoms with van der Waals surface area (Å²) in [6, 6.07) is 5.79. The highest BCUT2D eigenvalue weighted by Crippen LogP contribution is 2.29. The number of rotatable bonds is 6. The number of thiazole rings is 1. The van der Waals surface area contributed by atoms with Gasteiger partial charge in [0.2, 0.25) is 0 Å². The van der Waals surface area contributed by atoms with Crippen LogP contribution in [0.2, 0.25) is 0 Å². The maximum absolute atomic E-state index is 12.3. The van der Waals surface area contributed by atoms with E-state index >= 15 is 0 Å². The molecule has 148 valence electrons. The molecule has 1 heterocycles. The van der Waals surface area contributed by atoms with Crippen LogP contribution in [0.3, 0.4) is 0 Å². The summed E-state index contributed by atoms with van der Waals surface area (Å²) in [6.45, 7) is 1.78. The lowest BCUT2D eigenvalue weighted by Gasteiger charge is -2.08. The molecule has 2 rings (SSSR count). The first-order valence-corrected chi connectivity index (χ1v) is 8.97. The van der Waals surface area contributed by atoms with Crippen molar-refractivity contribution in [3.05, 3.63) is 46.0 Å². The van der Waals surface area contributed by atoms with Gasteiger partial charge in [-0.1, -0.05) is 24.3 Å². The van der Waals surface area contributed by atoms with Crippen LogP contribution in [0.4, 0.5) is 31.5 Å². The first-order valence-electron chi connectivity index (χ1n) is 7.34. The first-order chi connectivity index (χ1) is 12.4. The van der Waals surface area contributed by atoms with Gasteiger partial charge in [0.25, 0.3) is 5.91 Å². The van der Waals surface area contributed by atoms with E-state index in [-0.39, 0.29) is 17.8 Å². The molecule has 4 nitrogen and oxygen atoms in total. The zero-order valence-electron chi connectivity index (χ0n) is 13.7. The van der Waals surface area contributed by atoms with Gasteiger partial charge in [-0.2, -0.15) is 26.3 Å². The van der Waals surface area contributed by atoms with Crippen molar-refractivity contribution in [2.24, 2.45) is 0 Å². The number of amides is 1. The van der Waals surface area contributed by atoms with E-state index in [2.05, 4.69) is 10.3 Å². The summed E-state index contributed by atoms with van der Waals surface area (Å²) in [5, 5.41) is 3.21. The number of nitrogens with one attached hydrogen (secondary N) is 2. The minimum absolute atomic E-state index is 0.125.